The van der Waals surface area contributed by atoms with E-state index in [0.29, 0.717) is 19.7 Å². The topological polar surface area (TPSA) is 51.2 Å². The van der Waals surface area contributed by atoms with Crippen LogP contribution in [0.1, 0.15) is 40.2 Å². The lowest BCUT2D eigenvalue weighted by atomic mass is 10.1. The molecule has 0 saturated carbocycles. The first-order valence-electron chi connectivity index (χ1n) is 8.44. The van der Waals surface area contributed by atoms with Crippen LogP contribution < -0.4 is 9.47 Å². The zero-order valence-corrected chi connectivity index (χ0v) is 16.1. The van der Waals surface area contributed by atoms with Gasteiger partial charge < -0.3 is 19.3 Å². The number of methoxy groups -OCH3 is 2. The van der Waals surface area contributed by atoms with Gasteiger partial charge in [-0.25, -0.2) is 0 Å². The van der Waals surface area contributed by atoms with Crippen molar-refractivity contribution in [3.05, 3.63) is 23.8 Å². The molecule has 0 fully saturated rings. The molecule has 1 rings (SSSR count). The van der Waals surface area contributed by atoms with Crippen LogP contribution in [0.15, 0.2) is 18.2 Å². The number of hydrogen-bond donors (Lipinski definition) is 1. The maximum Gasteiger partial charge on any atom is 0.165 e. The fourth-order valence-corrected chi connectivity index (χ4v) is 2.42. The predicted octanol–water partition coefficient (Wildman–Crippen LogP) is 3.09. The van der Waals surface area contributed by atoms with E-state index in [4.69, 9.17) is 14.2 Å². The predicted molar refractivity (Wildman–Crippen MR) is 96.8 cm³/mol. The molecule has 0 aromatic heterocycles. The Morgan fingerprint density at radius 3 is 2.29 bits per heavy atom. The first-order chi connectivity index (χ1) is 11.2. The summed E-state index contributed by atoms with van der Waals surface area (Å²) in [4.78, 5) is 2.20. The maximum atomic E-state index is 10.3. The van der Waals surface area contributed by atoms with Gasteiger partial charge in [0.25, 0.3) is 0 Å². The lowest BCUT2D eigenvalue weighted by Crippen LogP contribution is -2.40. The smallest absolute Gasteiger partial charge is 0.165 e. The van der Waals surface area contributed by atoms with Crippen molar-refractivity contribution in [3.8, 4) is 11.5 Å². The second-order valence-electron chi connectivity index (χ2n) is 7.25. The van der Waals surface area contributed by atoms with E-state index in [1.807, 2.05) is 39.0 Å². The van der Waals surface area contributed by atoms with E-state index in [2.05, 4.69) is 18.7 Å². The summed E-state index contributed by atoms with van der Waals surface area (Å²) in [5.74, 6) is 1.46. The Kier molecular flexibility index (Phi) is 8.00. The van der Waals surface area contributed by atoms with Gasteiger partial charge in [-0.15, -0.1) is 0 Å². The summed E-state index contributed by atoms with van der Waals surface area (Å²) < 4.78 is 16.6. The van der Waals surface area contributed by atoms with Crippen molar-refractivity contribution < 1.29 is 19.3 Å². The molecule has 24 heavy (non-hydrogen) atoms. The highest BCUT2D eigenvalue weighted by Crippen LogP contribution is 2.31. The monoisotopic (exact) mass is 339 g/mol. The number of para-hydroxylation sites is 1. The van der Waals surface area contributed by atoms with E-state index in [-0.39, 0.29) is 11.6 Å². The van der Waals surface area contributed by atoms with Gasteiger partial charge >= 0.3 is 0 Å². The number of benzene rings is 1. The molecule has 0 amide bonds. The summed E-state index contributed by atoms with van der Waals surface area (Å²) in [5.41, 5.74) is 0.786. The largest absolute Gasteiger partial charge is 0.493 e. The number of nitrogens with zero attached hydrogens (tertiary/aromatic N) is 1. The molecule has 0 bridgehead atoms. The molecular weight excluding hydrogens is 306 g/mol. The van der Waals surface area contributed by atoms with E-state index >= 15 is 0 Å². The van der Waals surface area contributed by atoms with Crippen molar-refractivity contribution in [2.75, 3.05) is 27.4 Å². The molecule has 1 aromatic rings. The molecule has 0 saturated heterocycles. The van der Waals surface area contributed by atoms with Gasteiger partial charge in [0.15, 0.2) is 11.5 Å². The minimum absolute atomic E-state index is 0.250. The molecule has 0 aliphatic heterocycles. The van der Waals surface area contributed by atoms with Crippen molar-refractivity contribution in [3.63, 3.8) is 0 Å². The molecule has 5 nitrogen and oxygen atoms in total. The van der Waals surface area contributed by atoms with Crippen LogP contribution in [-0.4, -0.2) is 55.1 Å². The lowest BCUT2D eigenvalue weighted by Gasteiger charge is -2.30. The van der Waals surface area contributed by atoms with Crippen molar-refractivity contribution >= 4 is 0 Å². The highest BCUT2D eigenvalue weighted by molar-refractivity contribution is 5.46. The van der Waals surface area contributed by atoms with Crippen molar-refractivity contribution in [1.29, 1.82) is 0 Å². The Balaban J connectivity index is 2.80. The van der Waals surface area contributed by atoms with Gasteiger partial charge in [0.2, 0.25) is 0 Å². The molecule has 0 radical (unpaired) electrons. The Morgan fingerprint density at radius 2 is 1.79 bits per heavy atom. The third-order valence-electron chi connectivity index (χ3n) is 3.74. The van der Waals surface area contributed by atoms with Crippen LogP contribution in [0.5, 0.6) is 11.5 Å². The number of aliphatic hydroxyl groups is 1. The third-order valence-corrected chi connectivity index (χ3v) is 3.74. The lowest BCUT2D eigenvalue weighted by molar-refractivity contribution is -0.0587. The van der Waals surface area contributed by atoms with Gasteiger partial charge in [0.1, 0.15) is 0 Å². The number of ether oxygens (including phenoxy) is 3. The maximum absolute atomic E-state index is 10.3. The normalized spacial score (nSPS) is 13.4. The highest BCUT2D eigenvalue weighted by atomic mass is 16.5. The molecule has 0 heterocycles. The van der Waals surface area contributed by atoms with Crippen LogP contribution in [0.25, 0.3) is 0 Å². The van der Waals surface area contributed by atoms with Gasteiger partial charge in [0.05, 0.1) is 32.5 Å². The number of aliphatic hydroxyl groups excluding tert-OH is 1. The SMILES string of the molecule is COc1cccc(CN(C[C@H](O)COC(C)(C)C)C(C)C)c1OC. The van der Waals surface area contributed by atoms with Gasteiger partial charge in [-0.1, -0.05) is 12.1 Å². The summed E-state index contributed by atoms with van der Waals surface area (Å²) in [7, 11) is 3.28. The van der Waals surface area contributed by atoms with Gasteiger partial charge in [-0.3, -0.25) is 4.90 Å². The summed E-state index contributed by atoms with van der Waals surface area (Å²) in [5, 5.41) is 10.3. The fourth-order valence-electron chi connectivity index (χ4n) is 2.42. The molecule has 1 atom stereocenters. The van der Waals surface area contributed by atoms with Crippen LogP contribution in [0.3, 0.4) is 0 Å². The molecule has 0 unspecified atom stereocenters. The van der Waals surface area contributed by atoms with Gasteiger partial charge in [0, 0.05) is 24.7 Å². The van der Waals surface area contributed by atoms with Crippen LogP contribution in [-0.2, 0) is 11.3 Å². The highest BCUT2D eigenvalue weighted by Gasteiger charge is 2.20. The Hall–Kier alpha value is -1.30. The quantitative estimate of drug-likeness (QED) is 0.749. The van der Waals surface area contributed by atoms with E-state index in [0.717, 1.165) is 17.1 Å². The van der Waals surface area contributed by atoms with E-state index in [1.165, 1.54) is 0 Å². The number of rotatable bonds is 9. The molecular formula is C19H33NO4. The van der Waals surface area contributed by atoms with Crippen LogP contribution in [0.4, 0.5) is 0 Å². The zero-order chi connectivity index (χ0) is 18.3. The molecule has 0 aliphatic rings. The summed E-state index contributed by atoms with van der Waals surface area (Å²) in [6.07, 6.45) is -0.539. The van der Waals surface area contributed by atoms with Crippen molar-refractivity contribution in [2.24, 2.45) is 0 Å². The van der Waals surface area contributed by atoms with Crippen molar-refractivity contribution in [2.45, 2.75) is 58.9 Å². The van der Waals surface area contributed by atoms with Crippen LogP contribution >= 0.6 is 0 Å². The molecule has 138 valence electrons. The molecule has 5 heteroatoms. The standard InChI is InChI=1S/C19H33NO4/c1-14(2)20(12-16(21)13-24-19(3,4)5)11-15-9-8-10-17(22-6)18(15)23-7/h8-10,14,16,21H,11-13H2,1-7H3/t16-/m0/s1. The summed E-state index contributed by atoms with van der Waals surface area (Å²) >= 11 is 0. The van der Waals surface area contributed by atoms with Crippen LogP contribution in [0.2, 0.25) is 0 Å². The Bertz CT molecular complexity index is 497. The fraction of sp³-hybridized carbons (Fsp3) is 0.684. The first-order valence-corrected chi connectivity index (χ1v) is 8.44. The second kappa shape index (κ2) is 9.25. The minimum atomic E-state index is -0.539. The van der Waals surface area contributed by atoms with Gasteiger partial charge in [-0.2, -0.15) is 0 Å². The van der Waals surface area contributed by atoms with E-state index in [9.17, 15) is 5.11 Å². The summed E-state index contributed by atoms with van der Waals surface area (Å²) in [6, 6.07) is 6.14. The number of hydrogen-bond acceptors (Lipinski definition) is 5. The summed E-state index contributed by atoms with van der Waals surface area (Å²) in [6.45, 7) is 11.7. The average molecular weight is 339 g/mol. The Labute approximate surface area is 146 Å². The average Bonchev–Trinajstić information content (AvgIpc) is 2.51. The van der Waals surface area contributed by atoms with E-state index < -0.39 is 6.10 Å². The van der Waals surface area contributed by atoms with Crippen molar-refractivity contribution in [1.82, 2.24) is 4.90 Å². The first kappa shape index (κ1) is 20.7. The minimum Gasteiger partial charge on any atom is -0.493 e. The molecule has 1 aromatic carbocycles. The van der Waals surface area contributed by atoms with Gasteiger partial charge in [-0.05, 0) is 40.7 Å². The molecule has 0 spiro atoms. The zero-order valence-electron chi connectivity index (χ0n) is 16.1. The third kappa shape index (κ3) is 6.67. The molecule has 0 aliphatic carbocycles. The van der Waals surface area contributed by atoms with Crippen LogP contribution in [0, 0.1) is 0 Å². The second-order valence-corrected chi connectivity index (χ2v) is 7.25. The van der Waals surface area contributed by atoms with E-state index in [1.54, 1.807) is 14.2 Å². The molecule has 1 N–H and O–H groups in total. The Morgan fingerprint density at radius 1 is 1.12 bits per heavy atom.